The van der Waals surface area contributed by atoms with E-state index >= 15 is 0 Å². The molecule has 1 saturated heterocycles. The van der Waals surface area contributed by atoms with Gasteiger partial charge in [0, 0.05) is 37.8 Å². The van der Waals surface area contributed by atoms with Crippen LogP contribution < -0.4 is 4.74 Å². The van der Waals surface area contributed by atoms with Gasteiger partial charge in [-0.25, -0.2) is 0 Å². The Labute approximate surface area is 253 Å². The molecule has 1 unspecified atom stereocenters. The summed E-state index contributed by atoms with van der Waals surface area (Å²) in [5, 5.41) is 0. The van der Waals surface area contributed by atoms with E-state index in [0.717, 1.165) is 30.8 Å². The standard InChI is InChI=1S/C35H34F6N2O/c1-44-32-15-9-8-14-30(32)31(17-16-25-22-28(34(36,37)38)24-29(23-25)35(39,40)41)42-18-20-43(21-19-42)33(26-10-4-2-5-11-26)27-12-6-3-7-13-27/h2-15,22-24,31,33H,16-21H2,1H3. The van der Waals surface area contributed by atoms with Gasteiger partial charge in [0.2, 0.25) is 0 Å². The van der Waals surface area contributed by atoms with Gasteiger partial charge in [0.15, 0.2) is 0 Å². The third-order valence-corrected chi connectivity index (χ3v) is 8.24. The highest BCUT2D eigenvalue weighted by molar-refractivity contribution is 5.38. The summed E-state index contributed by atoms with van der Waals surface area (Å²) in [6.45, 7) is 2.77. The highest BCUT2D eigenvalue weighted by Gasteiger charge is 2.37. The van der Waals surface area contributed by atoms with Crippen LogP contribution in [0.1, 0.15) is 51.9 Å². The molecule has 3 nitrogen and oxygen atoms in total. The summed E-state index contributed by atoms with van der Waals surface area (Å²) in [6.07, 6.45) is -9.42. The average Bonchev–Trinajstić information content (AvgIpc) is 3.02. The van der Waals surface area contributed by atoms with Crippen molar-refractivity contribution >= 4 is 0 Å². The molecule has 9 heteroatoms. The smallest absolute Gasteiger partial charge is 0.416 e. The predicted molar refractivity (Wildman–Crippen MR) is 158 cm³/mol. The second-order valence-electron chi connectivity index (χ2n) is 11.0. The van der Waals surface area contributed by atoms with Gasteiger partial charge in [-0.1, -0.05) is 78.9 Å². The first-order chi connectivity index (χ1) is 21.0. The van der Waals surface area contributed by atoms with Crippen molar-refractivity contribution in [1.29, 1.82) is 0 Å². The molecule has 1 fully saturated rings. The summed E-state index contributed by atoms with van der Waals surface area (Å²) in [7, 11) is 1.56. The molecule has 0 bridgehead atoms. The summed E-state index contributed by atoms with van der Waals surface area (Å²) in [5.41, 5.74) is 0.625. The maximum Gasteiger partial charge on any atom is 0.416 e. The van der Waals surface area contributed by atoms with Crippen LogP contribution in [0.4, 0.5) is 26.3 Å². The van der Waals surface area contributed by atoms with E-state index in [1.165, 1.54) is 11.1 Å². The molecular weight excluding hydrogens is 578 g/mol. The Morgan fingerprint density at radius 2 is 1.11 bits per heavy atom. The second kappa shape index (κ2) is 13.4. The number of methoxy groups -OCH3 is 1. The van der Waals surface area contributed by atoms with E-state index < -0.39 is 23.5 Å². The minimum absolute atomic E-state index is 0.00102. The Hall–Kier alpha value is -3.82. The normalized spacial score (nSPS) is 15.8. The summed E-state index contributed by atoms with van der Waals surface area (Å²) in [4.78, 5) is 4.68. The van der Waals surface area contributed by atoms with Gasteiger partial charge in [-0.3, -0.25) is 9.80 Å². The molecule has 5 rings (SSSR count). The number of rotatable bonds is 9. The lowest BCUT2D eigenvalue weighted by atomic mass is 9.93. The number of hydrogen-bond acceptors (Lipinski definition) is 3. The first kappa shape index (κ1) is 31.6. The lowest BCUT2D eigenvalue weighted by Crippen LogP contribution is -2.49. The zero-order valence-electron chi connectivity index (χ0n) is 24.3. The minimum atomic E-state index is -4.89. The Morgan fingerprint density at radius 3 is 1.61 bits per heavy atom. The summed E-state index contributed by atoms with van der Waals surface area (Å²) in [6, 6.07) is 29.6. The average molecular weight is 613 g/mol. The fourth-order valence-corrected chi connectivity index (χ4v) is 6.14. The molecule has 1 aliphatic rings. The summed E-state index contributed by atoms with van der Waals surface area (Å²) in [5.74, 6) is 0.631. The van der Waals surface area contributed by atoms with Crippen LogP contribution in [0.15, 0.2) is 103 Å². The maximum atomic E-state index is 13.5. The molecule has 0 N–H and O–H groups in total. The SMILES string of the molecule is COc1ccccc1C(CCc1cc(C(F)(F)F)cc(C(F)(F)F)c1)N1CCN(C(c2ccccc2)c2ccccc2)CC1. The summed E-state index contributed by atoms with van der Waals surface area (Å²) >= 11 is 0. The molecule has 0 amide bonds. The number of nitrogens with zero attached hydrogens (tertiary/aromatic N) is 2. The van der Waals surface area contributed by atoms with Crippen LogP contribution in [-0.2, 0) is 18.8 Å². The number of hydrogen-bond donors (Lipinski definition) is 0. The number of piperazine rings is 1. The molecule has 44 heavy (non-hydrogen) atoms. The molecule has 1 heterocycles. The van der Waals surface area contributed by atoms with Crippen LogP contribution in [0, 0.1) is 0 Å². The van der Waals surface area contributed by atoms with Crippen molar-refractivity contribution in [3.8, 4) is 5.75 Å². The van der Waals surface area contributed by atoms with E-state index in [9.17, 15) is 26.3 Å². The molecule has 0 aromatic heterocycles. The quantitative estimate of drug-likeness (QED) is 0.176. The Kier molecular flexibility index (Phi) is 9.65. The molecule has 1 aliphatic heterocycles. The van der Waals surface area contributed by atoms with Gasteiger partial charge in [0.1, 0.15) is 5.75 Å². The van der Waals surface area contributed by atoms with Gasteiger partial charge >= 0.3 is 12.4 Å². The minimum Gasteiger partial charge on any atom is -0.496 e. The lowest BCUT2D eigenvalue weighted by Gasteiger charge is -2.43. The fourth-order valence-electron chi connectivity index (χ4n) is 6.14. The lowest BCUT2D eigenvalue weighted by molar-refractivity contribution is -0.143. The number of halogens is 6. The van der Waals surface area contributed by atoms with Crippen molar-refractivity contribution in [3.63, 3.8) is 0 Å². The molecule has 0 aliphatic carbocycles. The number of benzene rings is 4. The first-order valence-electron chi connectivity index (χ1n) is 14.5. The summed E-state index contributed by atoms with van der Waals surface area (Å²) < 4.78 is 86.9. The van der Waals surface area contributed by atoms with E-state index in [0.29, 0.717) is 25.3 Å². The van der Waals surface area contributed by atoms with Crippen molar-refractivity contribution in [3.05, 3.63) is 137 Å². The number of aryl methyl sites for hydroxylation is 1. The molecule has 0 saturated carbocycles. The monoisotopic (exact) mass is 612 g/mol. The van der Waals surface area contributed by atoms with Crippen LogP contribution in [0.25, 0.3) is 0 Å². The van der Waals surface area contributed by atoms with E-state index in [1.807, 2.05) is 60.7 Å². The number of ether oxygens (including phenoxy) is 1. The van der Waals surface area contributed by atoms with Crippen LogP contribution in [-0.4, -0.2) is 43.1 Å². The number of alkyl halides is 6. The Morgan fingerprint density at radius 1 is 0.636 bits per heavy atom. The molecule has 0 spiro atoms. The maximum absolute atomic E-state index is 13.5. The van der Waals surface area contributed by atoms with Crippen LogP contribution in [0.2, 0.25) is 0 Å². The van der Waals surface area contributed by atoms with Crippen molar-refractivity contribution in [2.75, 3.05) is 33.3 Å². The van der Waals surface area contributed by atoms with Crippen LogP contribution >= 0.6 is 0 Å². The van der Waals surface area contributed by atoms with Crippen molar-refractivity contribution in [2.45, 2.75) is 37.3 Å². The van der Waals surface area contributed by atoms with Crippen LogP contribution in [0.5, 0.6) is 5.75 Å². The molecule has 4 aromatic carbocycles. The second-order valence-corrected chi connectivity index (χ2v) is 11.0. The van der Waals surface area contributed by atoms with Gasteiger partial charge in [-0.05, 0) is 53.8 Å². The zero-order valence-corrected chi connectivity index (χ0v) is 24.3. The van der Waals surface area contributed by atoms with Crippen molar-refractivity contribution in [2.24, 2.45) is 0 Å². The van der Waals surface area contributed by atoms with E-state index in [-0.39, 0.29) is 30.1 Å². The molecule has 0 radical (unpaired) electrons. The highest BCUT2D eigenvalue weighted by atomic mass is 19.4. The van der Waals surface area contributed by atoms with Gasteiger partial charge in [-0.2, -0.15) is 26.3 Å². The highest BCUT2D eigenvalue weighted by Crippen LogP contribution is 2.39. The molecular formula is C35H34F6N2O. The fraction of sp³-hybridized carbons (Fsp3) is 0.314. The van der Waals surface area contributed by atoms with Crippen molar-refractivity contribution < 1.29 is 31.1 Å². The largest absolute Gasteiger partial charge is 0.496 e. The predicted octanol–water partition coefficient (Wildman–Crippen LogP) is 8.81. The first-order valence-corrected chi connectivity index (χ1v) is 14.5. The molecule has 4 aromatic rings. The topological polar surface area (TPSA) is 15.7 Å². The number of para-hydroxylation sites is 1. The Balaban J connectivity index is 1.41. The van der Waals surface area contributed by atoms with Gasteiger partial charge in [0.05, 0.1) is 24.3 Å². The third kappa shape index (κ3) is 7.45. The molecule has 1 atom stereocenters. The van der Waals surface area contributed by atoms with E-state index in [2.05, 4.69) is 34.1 Å². The Bertz CT molecular complexity index is 1430. The van der Waals surface area contributed by atoms with Gasteiger partial charge in [0.25, 0.3) is 0 Å². The van der Waals surface area contributed by atoms with Gasteiger partial charge < -0.3 is 4.74 Å². The zero-order chi connectivity index (χ0) is 31.3. The van der Waals surface area contributed by atoms with Crippen molar-refractivity contribution in [1.82, 2.24) is 9.80 Å². The van der Waals surface area contributed by atoms with E-state index in [4.69, 9.17) is 4.74 Å². The van der Waals surface area contributed by atoms with E-state index in [1.54, 1.807) is 7.11 Å². The molecule has 232 valence electrons. The van der Waals surface area contributed by atoms with Gasteiger partial charge in [-0.15, -0.1) is 0 Å². The third-order valence-electron chi connectivity index (χ3n) is 8.24. The van der Waals surface area contributed by atoms with Crippen LogP contribution in [0.3, 0.4) is 0 Å².